The van der Waals surface area contributed by atoms with Gasteiger partial charge in [-0.3, -0.25) is 14.4 Å². The maximum absolute atomic E-state index is 14.3. The molecule has 1 fully saturated rings. The Morgan fingerprint density at radius 1 is 1.02 bits per heavy atom. The molecule has 2 amide bonds. The molecule has 2 aliphatic rings. The van der Waals surface area contributed by atoms with E-state index in [2.05, 4.69) is 10.2 Å². The van der Waals surface area contributed by atoms with Gasteiger partial charge in [-0.05, 0) is 54.2 Å². The highest BCUT2D eigenvalue weighted by atomic mass is 32.2. The molecule has 216 valence electrons. The van der Waals surface area contributed by atoms with Crippen LogP contribution in [-0.2, 0) is 26.3 Å². The molecule has 1 aliphatic heterocycles. The summed E-state index contributed by atoms with van der Waals surface area (Å²) in [5.74, 6) is -1.48. The number of sulfonamides is 1. The molecule has 4 N–H and O–H groups in total. The third kappa shape index (κ3) is 6.29. The van der Waals surface area contributed by atoms with Gasteiger partial charge in [0.1, 0.15) is 0 Å². The van der Waals surface area contributed by atoms with E-state index in [9.17, 15) is 18.0 Å². The zero-order valence-corrected chi connectivity index (χ0v) is 24.1. The Morgan fingerprint density at radius 3 is 2.46 bits per heavy atom. The lowest BCUT2D eigenvalue weighted by Crippen LogP contribution is -2.59. The van der Waals surface area contributed by atoms with Gasteiger partial charge in [-0.1, -0.05) is 73.5 Å². The Labute approximate surface area is 241 Å². The number of carbonyl (C=O) groups is 2. The molecule has 1 aliphatic carbocycles. The average Bonchev–Trinajstić information content (AvgIpc) is 2.95. The molecule has 0 spiro atoms. The van der Waals surface area contributed by atoms with Crippen molar-refractivity contribution < 1.29 is 22.8 Å². The van der Waals surface area contributed by atoms with Crippen molar-refractivity contribution in [1.29, 1.82) is 0 Å². The number of benzene rings is 3. The molecule has 4 unspecified atom stereocenters. The van der Waals surface area contributed by atoms with Crippen LogP contribution in [0.25, 0.3) is 0 Å². The van der Waals surface area contributed by atoms with Gasteiger partial charge in [0.25, 0.3) is 11.8 Å². The molecular weight excluding hydrogens is 540 g/mol. The van der Waals surface area contributed by atoms with Crippen molar-refractivity contribution in [3.05, 3.63) is 101 Å². The van der Waals surface area contributed by atoms with Gasteiger partial charge in [-0.2, -0.15) is 0 Å². The van der Waals surface area contributed by atoms with Crippen LogP contribution in [0.2, 0.25) is 0 Å². The predicted octanol–water partition coefficient (Wildman–Crippen LogP) is 3.97. The molecule has 1 heterocycles. The van der Waals surface area contributed by atoms with E-state index in [1.54, 1.807) is 29.2 Å². The highest BCUT2D eigenvalue weighted by molar-refractivity contribution is 7.88. The Morgan fingerprint density at radius 2 is 1.73 bits per heavy atom. The van der Waals surface area contributed by atoms with Crippen molar-refractivity contribution >= 4 is 27.5 Å². The molecule has 3 aromatic rings. The highest BCUT2D eigenvalue weighted by Gasteiger charge is 2.49. The topological polar surface area (TPSA) is 131 Å². The number of hydrogen-bond acceptors (Lipinski definition) is 6. The minimum absolute atomic E-state index is 0.175. The van der Waals surface area contributed by atoms with E-state index < -0.39 is 40.0 Å². The monoisotopic (exact) mass is 576 g/mol. The molecule has 10 heteroatoms. The lowest BCUT2D eigenvalue weighted by Gasteiger charge is -2.49. The predicted molar refractivity (Wildman–Crippen MR) is 157 cm³/mol. The lowest BCUT2D eigenvalue weighted by molar-refractivity contribution is -0.138. The molecular formula is C31H36N4O5S. The van der Waals surface area contributed by atoms with E-state index in [0.29, 0.717) is 35.2 Å². The summed E-state index contributed by atoms with van der Waals surface area (Å²) in [6, 6.07) is 20.5. The molecule has 5 rings (SSSR count). The summed E-state index contributed by atoms with van der Waals surface area (Å²) in [5.41, 5.74) is 13.0. The van der Waals surface area contributed by atoms with Gasteiger partial charge >= 0.3 is 0 Å². The van der Waals surface area contributed by atoms with Crippen molar-refractivity contribution in [2.24, 2.45) is 0 Å². The highest BCUT2D eigenvalue weighted by Crippen LogP contribution is 2.46. The first kappa shape index (κ1) is 28.8. The number of fused-ring (bicyclic) bond motifs is 1. The number of aryl methyl sites for hydroxylation is 1. The van der Waals surface area contributed by atoms with Crippen LogP contribution in [0.4, 0.5) is 5.69 Å². The number of nitrogens with zero attached hydrogens (tertiary/aromatic N) is 1. The Kier molecular flexibility index (Phi) is 8.44. The van der Waals surface area contributed by atoms with Gasteiger partial charge in [0, 0.05) is 23.3 Å². The Balaban J connectivity index is 1.59. The van der Waals surface area contributed by atoms with Crippen molar-refractivity contribution in [2.45, 2.75) is 63.3 Å². The molecule has 0 radical (unpaired) electrons. The van der Waals surface area contributed by atoms with Crippen molar-refractivity contribution in [3.63, 3.8) is 0 Å². The van der Waals surface area contributed by atoms with E-state index in [0.717, 1.165) is 30.2 Å². The van der Waals surface area contributed by atoms with Gasteiger partial charge in [0.2, 0.25) is 10.0 Å². The van der Waals surface area contributed by atoms with Gasteiger partial charge < -0.3 is 10.6 Å². The van der Waals surface area contributed by atoms with Crippen molar-refractivity contribution in [3.8, 4) is 0 Å². The van der Waals surface area contributed by atoms with Crippen LogP contribution >= 0.6 is 0 Å². The van der Waals surface area contributed by atoms with E-state index in [1.165, 1.54) is 0 Å². The quantitative estimate of drug-likeness (QED) is 0.275. The molecule has 3 aromatic carbocycles. The summed E-state index contributed by atoms with van der Waals surface area (Å²) < 4.78 is 27.4. The fourth-order valence-corrected chi connectivity index (χ4v) is 6.91. The van der Waals surface area contributed by atoms with Crippen LogP contribution < -0.4 is 15.9 Å². The number of nitrogens with two attached hydrogens (primary N) is 1. The van der Waals surface area contributed by atoms with Crippen LogP contribution in [0.1, 0.15) is 70.3 Å². The zero-order valence-electron chi connectivity index (χ0n) is 23.2. The maximum atomic E-state index is 14.3. The van der Waals surface area contributed by atoms with Crippen molar-refractivity contribution in [2.75, 3.05) is 12.0 Å². The molecule has 0 bridgehead atoms. The standard InChI is InChI=1S/C31H36N4O5S/c1-20-16-17-22(18-25(20)32)29-28(30(36)33-40-19-21-10-4-3-5-11-21)23-12-6-7-13-24(23)31(37)35(29)27-15-9-8-14-26(27)34-41(2,38)39/h3-7,10-13,16-18,26-29,34H,8-9,14-15,19,32H2,1-2H3,(H,33,36). The second kappa shape index (κ2) is 12.0. The number of carbonyl (C=O) groups excluding carboxylic acids is 2. The van der Waals surface area contributed by atoms with E-state index in [-0.39, 0.29) is 12.5 Å². The Bertz CT molecular complexity index is 1530. The maximum Gasteiger partial charge on any atom is 0.255 e. The smallest absolute Gasteiger partial charge is 0.255 e. The number of nitrogen functional groups attached to an aromatic ring is 1. The summed E-state index contributed by atoms with van der Waals surface area (Å²) in [6.07, 6.45) is 3.98. The first-order chi connectivity index (χ1) is 19.6. The van der Waals surface area contributed by atoms with Crippen LogP contribution in [0.5, 0.6) is 0 Å². The van der Waals surface area contributed by atoms with Crippen LogP contribution in [0, 0.1) is 6.92 Å². The fraction of sp³-hybridized carbons (Fsp3) is 0.355. The van der Waals surface area contributed by atoms with Gasteiger partial charge in [0.05, 0.1) is 24.8 Å². The lowest BCUT2D eigenvalue weighted by atomic mass is 9.76. The van der Waals surface area contributed by atoms with Crippen LogP contribution in [0.3, 0.4) is 0 Å². The largest absolute Gasteiger partial charge is 0.399 e. The summed E-state index contributed by atoms with van der Waals surface area (Å²) in [7, 11) is -3.54. The van der Waals surface area contributed by atoms with E-state index >= 15 is 0 Å². The first-order valence-corrected chi connectivity index (χ1v) is 15.7. The van der Waals surface area contributed by atoms with Gasteiger partial charge in [-0.25, -0.2) is 18.6 Å². The molecule has 4 atom stereocenters. The van der Waals surface area contributed by atoms with Crippen LogP contribution in [-0.4, -0.2) is 43.5 Å². The molecule has 0 saturated heterocycles. The number of nitrogens with one attached hydrogen (secondary N) is 2. The molecule has 0 aromatic heterocycles. The molecule has 41 heavy (non-hydrogen) atoms. The molecule has 1 saturated carbocycles. The van der Waals surface area contributed by atoms with Crippen molar-refractivity contribution in [1.82, 2.24) is 15.1 Å². The number of amides is 2. The molecule has 9 nitrogen and oxygen atoms in total. The normalized spacial score (nSPS) is 22.7. The third-order valence-corrected chi connectivity index (χ3v) is 8.74. The minimum Gasteiger partial charge on any atom is -0.399 e. The second-order valence-electron chi connectivity index (χ2n) is 10.9. The summed E-state index contributed by atoms with van der Waals surface area (Å²) in [5, 5.41) is 0. The first-order valence-electron chi connectivity index (χ1n) is 13.8. The average molecular weight is 577 g/mol. The summed E-state index contributed by atoms with van der Waals surface area (Å²) >= 11 is 0. The number of rotatable bonds is 8. The summed E-state index contributed by atoms with van der Waals surface area (Å²) in [4.78, 5) is 35.7. The van der Waals surface area contributed by atoms with E-state index in [4.69, 9.17) is 10.6 Å². The number of hydrogen-bond donors (Lipinski definition) is 3. The van der Waals surface area contributed by atoms with Gasteiger partial charge in [0.15, 0.2) is 0 Å². The van der Waals surface area contributed by atoms with E-state index in [1.807, 2.05) is 55.5 Å². The minimum atomic E-state index is -3.54. The zero-order chi connectivity index (χ0) is 29.1. The fourth-order valence-electron chi connectivity index (χ4n) is 6.08. The van der Waals surface area contributed by atoms with Crippen LogP contribution in [0.15, 0.2) is 72.8 Å². The van der Waals surface area contributed by atoms with Gasteiger partial charge in [-0.15, -0.1) is 0 Å². The second-order valence-corrected chi connectivity index (χ2v) is 12.7. The summed E-state index contributed by atoms with van der Waals surface area (Å²) in [6.45, 7) is 2.07. The SMILES string of the molecule is Cc1ccc(C2C(C(=O)NOCc3ccccc3)c3ccccc3C(=O)N2C2CCCCC2NS(C)(=O)=O)cc1N. The third-order valence-electron chi connectivity index (χ3n) is 8.01. The number of anilines is 1. The number of hydroxylamine groups is 1. The Hall–Kier alpha value is -3.73.